The molecule has 2 N–H and O–H groups in total. The van der Waals surface area contributed by atoms with Crippen molar-refractivity contribution in [2.24, 2.45) is 0 Å². The SMILES string of the molecule is CC(CO)NC(=O)Cc1ccc(S)cc1. The molecule has 0 fully saturated rings. The van der Waals surface area contributed by atoms with Crippen molar-refractivity contribution in [3.05, 3.63) is 29.8 Å². The predicted molar refractivity (Wildman–Crippen MR) is 62.1 cm³/mol. The van der Waals surface area contributed by atoms with E-state index >= 15 is 0 Å². The van der Waals surface area contributed by atoms with Crippen LogP contribution in [0.3, 0.4) is 0 Å². The first-order valence-electron chi connectivity index (χ1n) is 4.80. The fourth-order valence-corrected chi connectivity index (χ4v) is 1.32. The van der Waals surface area contributed by atoms with E-state index in [4.69, 9.17) is 5.11 Å². The number of amides is 1. The Bertz CT molecular complexity index is 324. The van der Waals surface area contributed by atoms with Crippen molar-refractivity contribution in [2.75, 3.05) is 6.61 Å². The van der Waals surface area contributed by atoms with Gasteiger partial charge < -0.3 is 10.4 Å². The summed E-state index contributed by atoms with van der Waals surface area (Å²) in [5.74, 6) is -0.0801. The van der Waals surface area contributed by atoms with Gasteiger partial charge in [0.25, 0.3) is 0 Å². The van der Waals surface area contributed by atoms with Crippen LogP contribution in [0.5, 0.6) is 0 Å². The van der Waals surface area contributed by atoms with Gasteiger partial charge in [-0.1, -0.05) is 12.1 Å². The molecular weight excluding hydrogens is 210 g/mol. The highest BCUT2D eigenvalue weighted by Crippen LogP contribution is 2.08. The molecule has 1 unspecified atom stereocenters. The molecule has 0 aliphatic heterocycles. The lowest BCUT2D eigenvalue weighted by Crippen LogP contribution is -2.35. The van der Waals surface area contributed by atoms with Crippen LogP contribution in [0.2, 0.25) is 0 Å². The summed E-state index contributed by atoms with van der Waals surface area (Å²) in [6, 6.07) is 7.24. The second kappa shape index (κ2) is 5.78. The van der Waals surface area contributed by atoms with Gasteiger partial charge in [-0.3, -0.25) is 4.79 Å². The van der Waals surface area contributed by atoms with Crippen molar-refractivity contribution >= 4 is 18.5 Å². The standard InChI is InChI=1S/C11H15NO2S/c1-8(7-13)12-11(14)6-9-2-4-10(15)5-3-9/h2-5,8,13,15H,6-7H2,1H3,(H,12,14). The van der Waals surface area contributed by atoms with Gasteiger partial charge in [-0.25, -0.2) is 0 Å². The highest BCUT2D eigenvalue weighted by Gasteiger charge is 2.06. The van der Waals surface area contributed by atoms with Crippen molar-refractivity contribution in [3.8, 4) is 0 Å². The molecule has 1 rings (SSSR count). The molecule has 0 saturated heterocycles. The van der Waals surface area contributed by atoms with Crippen molar-refractivity contribution in [3.63, 3.8) is 0 Å². The molecule has 1 atom stereocenters. The van der Waals surface area contributed by atoms with Crippen LogP contribution in [-0.4, -0.2) is 23.7 Å². The maximum absolute atomic E-state index is 11.4. The second-order valence-electron chi connectivity index (χ2n) is 3.49. The first kappa shape index (κ1) is 12.1. The summed E-state index contributed by atoms with van der Waals surface area (Å²) in [6.07, 6.45) is 0.332. The Balaban J connectivity index is 2.48. The molecule has 0 spiro atoms. The van der Waals surface area contributed by atoms with Gasteiger partial charge in [0, 0.05) is 10.9 Å². The normalized spacial score (nSPS) is 12.2. The molecular formula is C11H15NO2S. The Kier molecular flexibility index (Phi) is 4.65. The second-order valence-corrected chi connectivity index (χ2v) is 4.01. The molecule has 3 nitrogen and oxygen atoms in total. The summed E-state index contributed by atoms with van der Waals surface area (Å²) in [6.45, 7) is 1.72. The molecule has 82 valence electrons. The van der Waals surface area contributed by atoms with Gasteiger partial charge in [-0.05, 0) is 24.6 Å². The molecule has 0 aliphatic carbocycles. The summed E-state index contributed by atoms with van der Waals surface area (Å²) in [4.78, 5) is 12.3. The zero-order valence-corrected chi connectivity index (χ0v) is 9.50. The van der Waals surface area contributed by atoms with E-state index in [0.29, 0.717) is 6.42 Å². The van der Waals surface area contributed by atoms with Crippen LogP contribution in [-0.2, 0) is 11.2 Å². The summed E-state index contributed by atoms with van der Waals surface area (Å²) in [5.41, 5.74) is 0.940. The van der Waals surface area contributed by atoms with Gasteiger partial charge in [0.15, 0.2) is 0 Å². The van der Waals surface area contributed by atoms with Crippen LogP contribution in [0, 0.1) is 0 Å². The average molecular weight is 225 g/mol. The molecule has 1 aromatic carbocycles. The Hall–Kier alpha value is -1.00. The molecule has 0 aromatic heterocycles. The zero-order valence-electron chi connectivity index (χ0n) is 8.60. The molecule has 0 bridgehead atoms. The van der Waals surface area contributed by atoms with Crippen molar-refractivity contribution < 1.29 is 9.90 Å². The molecule has 0 radical (unpaired) electrons. The number of rotatable bonds is 4. The minimum absolute atomic E-state index is 0.0404. The number of carbonyl (C=O) groups excluding carboxylic acids is 1. The van der Waals surface area contributed by atoms with Crippen molar-refractivity contribution in [1.29, 1.82) is 0 Å². The number of aliphatic hydroxyl groups is 1. The maximum atomic E-state index is 11.4. The molecule has 1 aromatic rings. The van der Waals surface area contributed by atoms with Crippen LogP contribution in [0.25, 0.3) is 0 Å². The van der Waals surface area contributed by atoms with E-state index < -0.39 is 0 Å². The molecule has 15 heavy (non-hydrogen) atoms. The summed E-state index contributed by atoms with van der Waals surface area (Å²) >= 11 is 4.16. The summed E-state index contributed by atoms with van der Waals surface area (Å²) in [5, 5.41) is 11.4. The van der Waals surface area contributed by atoms with Crippen LogP contribution in [0.4, 0.5) is 0 Å². The smallest absolute Gasteiger partial charge is 0.224 e. The Labute approximate surface area is 94.9 Å². The van der Waals surface area contributed by atoms with Gasteiger partial charge in [-0.15, -0.1) is 12.6 Å². The van der Waals surface area contributed by atoms with E-state index in [1.165, 1.54) is 0 Å². The lowest BCUT2D eigenvalue weighted by molar-refractivity contribution is -0.121. The van der Waals surface area contributed by atoms with Crippen molar-refractivity contribution in [1.82, 2.24) is 5.32 Å². The Morgan fingerprint density at radius 2 is 2.07 bits per heavy atom. The van der Waals surface area contributed by atoms with Crippen LogP contribution in [0.1, 0.15) is 12.5 Å². The topological polar surface area (TPSA) is 49.3 Å². The molecule has 0 saturated carbocycles. The average Bonchev–Trinajstić information content (AvgIpc) is 2.21. The number of carbonyl (C=O) groups is 1. The largest absolute Gasteiger partial charge is 0.394 e. The molecule has 1 amide bonds. The van der Waals surface area contributed by atoms with E-state index in [0.717, 1.165) is 10.5 Å². The number of hydrogen-bond acceptors (Lipinski definition) is 3. The van der Waals surface area contributed by atoms with E-state index in [1.807, 2.05) is 24.3 Å². The van der Waals surface area contributed by atoms with Gasteiger partial charge in [0.1, 0.15) is 0 Å². The fraction of sp³-hybridized carbons (Fsp3) is 0.364. The van der Waals surface area contributed by atoms with Gasteiger partial charge in [0.05, 0.1) is 13.0 Å². The Morgan fingerprint density at radius 1 is 1.47 bits per heavy atom. The van der Waals surface area contributed by atoms with E-state index in [9.17, 15) is 4.79 Å². The van der Waals surface area contributed by atoms with E-state index in [-0.39, 0.29) is 18.6 Å². The van der Waals surface area contributed by atoms with Gasteiger partial charge in [0.2, 0.25) is 5.91 Å². The molecule has 4 heteroatoms. The highest BCUT2D eigenvalue weighted by atomic mass is 32.1. The number of hydrogen-bond donors (Lipinski definition) is 3. The van der Waals surface area contributed by atoms with Gasteiger partial charge >= 0.3 is 0 Å². The zero-order chi connectivity index (χ0) is 11.3. The van der Waals surface area contributed by atoms with E-state index in [2.05, 4.69) is 17.9 Å². The number of nitrogens with one attached hydrogen (secondary N) is 1. The lowest BCUT2D eigenvalue weighted by atomic mass is 10.1. The molecule has 0 heterocycles. The Morgan fingerprint density at radius 3 is 2.60 bits per heavy atom. The third-order valence-corrected chi connectivity index (χ3v) is 2.28. The minimum atomic E-state index is -0.193. The summed E-state index contributed by atoms with van der Waals surface area (Å²) in [7, 11) is 0. The van der Waals surface area contributed by atoms with E-state index in [1.54, 1.807) is 6.92 Å². The first-order chi connectivity index (χ1) is 7.11. The summed E-state index contributed by atoms with van der Waals surface area (Å²) < 4.78 is 0. The lowest BCUT2D eigenvalue weighted by Gasteiger charge is -2.10. The molecule has 0 aliphatic rings. The fourth-order valence-electron chi connectivity index (χ4n) is 1.17. The quantitative estimate of drug-likeness (QED) is 0.670. The van der Waals surface area contributed by atoms with Crippen molar-refractivity contribution in [2.45, 2.75) is 24.3 Å². The third kappa shape index (κ3) is 4.36. The first-order valence-corrected chi connectivity index (χ1v) is 5.24. The number of thiol groups is 1. The van der Waals surface area contributed by atoms with Gasteiger partial charge in [-0.2, -0.15) is 0 Å². The number of aliphatic hydroxyl groups excluding tert-OH is 1. The van der Waals surface area contributed by atoms with Crippen LogP contribution >= 0.6 is 12.6 Å². The number of benzene rings is 1. The maximum Gasteiger partial charge on any atom is 0.224 e. The van der Waals surface area contributed by atoms with Crippen LogP contribution < -0.4 is 5.32 Å². The highest BCUT2D eigenvalue weighted by molar-refractivity contribution is 7.80. The minimum Gasteiger partial charge on any atom is -0.394 e. The predicted octanol–water partition coefficient (Wildman–Crippen LogP) is 1.01. The monoisotopic (exact) mass is 225 g/mol. The van der Waals surface area contributed by atoms with Crippen LogP contribution in [0.15, 0.2) is 29.2 Å². The third-order valence-electron chi connectivity index (χ3n) is 1.98.